The molecule has 210 valence electrons. The number of pyridine rings is 1. The first-order valence-corrected chi connectivity index (χ1v) is 12.9. The van der Waals surface area contributed by atoms with Gasteiger partial charge in [0.1, 0.15) is 23.0 Å². The summed E-state index contributed by atoms with van der Waals surface area (Å²) in [6.45, 7) is 4.12. The fraction of sp³-hybridized carbons (Fsp3) is 0.207. The number of anilines is 3. The largest absolute Gasteiger partial charge is 0.457 e. The summed E-state index contributed by atoms with van der Waals surface area (Å²) in [5, 5.41) is 4.32. The summed E-state index contributed by atoms with van der Waals surface area (Å²) >= 11 is 0. The Balaban J connectivity index is 1.18. The minimum absolute atomic E-state index is 0.0359. The Labute approximate surface area is 233 Å². The molecule has 6 rings (SSSR count). The number of halogens is 3. The van der Waals surface area contributed by atoms with Crippen LogP contribution in [0.3, 0.4) is 0 Å². The summed E-state index contributed by atoms with van der Waals surface area (Å²) in [4.78, 5) is 17.8. The molecule has 0 unspecified atom stereocenters. The van der Waals surface area contributed by atoms with Crippen LogP contribution in [0.15, 0.2) is 73.1 Å². The van der Waals surface area contributed by atoms with Crippen LogP contribution in [0.2, 0.25) is 0 Å². The van der Waals surface area contributed by atoms with Crippen molar-refractivity contribution >= 4 is 28.4 Å². The number of H-pyrrole nitrogens is 1. The Morgan fingerprint density at radius 1 is 0.976 bits per heavy atom. The van der Waals surface area contributed by atoms with E-state index in [1.807, 2.05) is 24.4 Å². The van der Waals surface area contributed by atoms with Crippen LogP contribution in [0.25, 0.3) is 22.2 Å². The van der Waals surface area contributed by atoms with Crippen LogP contribution in [0.4, 0.5) is 30.6 Å². The molecule has 0 saturated carbocycles. The van der Waals surface area contributed by atoms with Gasteiger partial charge in [0.05, 0.1) is 18.9 Å². The van der Waals surface area contributed by atoms with Crippen LogP contribution in [0, 0.1) is 0 Å². The average Bonchev–Trinajstić information content (AvgIpc) is 3.36. The van der Waals surface area contributed by atoms with E-state index < -0.39 is 11.9 Å². The highest BCUT2D eigenvalue weighted by molar-refractivity contribution is 5.88. The predicted molar refractivity (Wildman–Crippen MR) is 149 cm³/mol. The smallest absolute Gasteiger partial charge is 0.433 e. The van der Waals surface area contributed by atoms with Crippen molar-refractivity contribution in [1.29, 1.82) is 0 Å². The molecular weight excluding hydrogens is 535 g/mol. The Hall–Kier alpha value is -4.68. The molecule has 12 heteroatoms. The zero-order valence-electron chi connectivity index (χ0n) is 21.8. The number of hydrogen-bond donors (Lipinski definition) is 3. The highest BCUT2D eigenvalue weighted by Gasteiger charge is 2.32. The van der Waals surface area contributed by atoms with Gasteiger partial charge in [0.25, 0.3) is 0 Å². The van der Waals surface area contributed by atoms with Gasteiger partial charge in [-0.05, 0) is 48.0 Å². The summed E-state index contributed by atoms with van der Waals surface area (Å²) in [6, 6.07) is 16.9. The molecule has 0 aliphatic carbocycles. The van der Waals surface area contributed by atoms with Crippen LogP contribution in [-0.4, -0.2) is 51.1 Å². The zero-order chi connectivity index (χ0) is 28.4. The third-order valence-corrected chi connectivity index (χ3v) is 6.69. The number of ether oxygens (including phenoxy) is 2. The average molecular weight is 562 g/mol. The lowest BCUT2D eigenvalue weighted by Crippen LogP contribution is -2.35. The second-order valence-electron chi connectivity index (χ2n) is 9.59. The minimum atomic E-state index is -4.55. The van der Waals surface area contributed by atoms with E-state index >= 15 is 0 Å². The predicted octanol–water partition coefficient (Wildman–Crippen LogP) is 5.99. The van der Waals surface area contributed by atoms with Gasteiger partial charge in [-0.2, -0.15) is 18.2 Å². The molecule has 5 aromatic rings. The van der Waals surface area contributed by atoms with Crippen molar-refractivity contribution in [3.63, 3.8) is 0 Å². The number of nitrogen functional groups attached to an aromatic ring is 1. The molecule has 0 amide bonds. The van der Waals surface area contributed by atoms with Crippen LogP contribution < -0.4 is 15.8 Å². The maximum Gasteiger partial charge on any atom is 0.433 e. The molecule has 1 aliphatic rings. The number of alkyl halides is 3. The summed E-state index contributed by atoms with van der Waals surface area (Å²) in [5.74, 6) is 1.01. The molecule has 0 radical (unpaired) electrons. The van der Waals surface area contributed by atoms with Crippen molar-refractivity contribution in [3.8, 4) is 22.8 Å². The molecule has 1 aliphatic heterocycles. The maximum atomic E-state index is 12.9. The number of aromatic nitrogens is 4. The van der Waals surface area contributed by atoms with Crippen molar-refractivity contribution in [2.75, 3.05) is 37.4 Å². The normalized spacial score (nSPS) is 14.3. The van der Waals surface area contributed by atoms with Gasteiger partial charge >= 0.3 is 6.18 Å². The van der Waals surface area contributed by atoms with Gasteiger partial charge in [-0.25, -0.2) is 4.98 Å². The number of nitrogens with zero attached hydrogens (tertiary/aromatic N) is 4. The SMILES string of the molecule is Nc1nc(Nc2ccc(Oc3ccnc(C(F)(F)F)c3)cc2)cc(-c2ccc3[nH]cc(CN4CCOCC4)c3c2)n1. The zero-order valence-corrected chi connectivity index (χ0v) is 21.8. The Bertz CT molecular complexity index is 1670. The highest BCUT2D eigenvalue weighted by atomic mass is 19.4. The van der Waals surface area contributed by atoms with Crippen molar-refractivity contribution in [2.24, 2.45) is 0 Å². The van der Waals surface area contributed by atoms with Crippen LogP contribution in [0.1, 0.15) is 11.3 Å². The van der Waals surface area contributed by atoms with Gasteiger partial charge in [-0.1, -0.05) is 6.07 Å². The van der Waals surface area contributed by atoms with Crippen LogP contribution in [0.5, 0.6) is 11.5 Å². The van der Waals surface area contributed by atoms with E-state index in [4.69, 9.17) is 15.2 Å². The number of nitrogens with one attached hydrogen (secondary N) is 2. The van der Waals surface area contributed by atoms with Crippen molar-refractivity contribution in [2.45, 2.75) is 12.7 Å². The standard InChI is InChI=1S/C29H26F3N7O2/c30-29(31,32)26-14-22(7-8-34-26)41-21-4-2-20(3-5-21)36-27-15-25(37-28(33)38-27)18-1-6-24-23(13-18)19(16-35-24)17-39-9-11-40-12-10-39/h1-8,13-16,35H,9-12,17H2,(H3,33,36,37,38). The quantitative estimate of drug-likeness (QED) is 0.222. The lowest BCUT2D eigenvalue weighted by Gasteiger charge is -2.26. The topological polar surface area (TPSA) is 114 Å². The first-order valence-electron chi connectivity index (χ1n) is 12.9. The van der Waals surface area contributed by atoms with Gasteiger partial charge in [-0.3, -0.25) is 9.88 Å². The second kappa shape index (κ2) is 11.1. The minimum Gasteiger partial charge on any atom is -0.457 e. The number of morpholine rings is 1. The molecule has 0 bridgehead atoms. The molecule has 3 aromatic heterocycles. The molecule has 4 heterocycles. The lowest BCUT2D eigenvalue weighted by atomic mass is 10.1. The molecule has 2 aromatic carbocycles. The number of rotatable bonds is 7. The molecule has 0 atom stereocenters. The van der Waals surface area contributed by atoms with E-state index in [-0.39, 0.29) is 11.7 Å². The number of nitrogens with two attached hydrogens (primary N) is 1. The van der Waals surface area contributed by atoms with Crippen LogP contribution in [-0.2, 0) is 17.5 Å². The monoisotopic (exact) mass is 561 g/mol. The fourth-order valence-corrected chi connectivity index (χ4v) is 4.67. The van der Waals surface area contributed by atoms with Gasteiger partial charge < -0.3 is 25.5 Å². The number of aromatic amines is 1. The van der Waals surface area contributed by atoms with E-state index in [1.54, 1.807) is 24.3 Å². The molecule has 9 nitrogen and oxygen atoms in total. The van der Waals surface area contributed by atoms with E-state index in [0.717, 1.165) is 61.6 Å². The van der Waals surface area contributed by atoms with Crippen molar-refractivity contribution in [1.82, 2.24) is 24.8 Å². The van der Waals surface area contributed by atoms with E-state index in [2.05, 4.69) is 36.2 Å². The molecule has 41 heavy (non-hydrogen) atoms. The second-order valence-corrected chi connectivity index (χ2v) is 9.59. The van der Waals surface area contributed by atoms with Crippen molar-refractivity contribution < 1.29 is 22.6 Å². The molecule has 1 fully saturated rings. The van der Waals surface area contributed by atoms with Gasteiger partial charge in [0.15, 0.2) is 0 Å². The number of fused-ring (bicyclic) bond motifs is 1. The lowest BCUT2D eigenvalue weighted by molar-refractivity contribution is -0.141. The van der Waals surface area contributed by atoms with E-state index in [0.29, 0.717) is 22.9 Å². The molecule has 1 saturated heterocycles. The Morgan fingerprint density at radius 3 is 2.56 bits per heavy atom. The first-order chi connectivity index (χ1) is 19.8. The van der Waals surface area contributed by atoms with Crippen molar-refractivity contribution in [3.05, 3.63) is 84.3 Å². The Morgan fingerprint density at radius 2 is 1.78 bits per heavy atom. The summed E-state index contributed by atoms with van der Waals surface area (Å²) in [7, 11) is 0. The molecule has 0 spiro atoms. The van der Waals surface area contributed by atoms with Gasteiger partial charge in [0, 0.05) is 66.3 Å². The number of benzene rings is 2. The van der Waals surface area contributed by atoms with Gasteiger partial charge in [-0.15, -0.1) is 0 Å². The number of hydrogen-bond acceptors (Lipinski definition) is 8. The summed E-state index contributed by atoms with van der Waals surface area (Å²) in [5.41, 5.74) is 9.53. The maximum absolute atomic E-state index is 12.9. The first kappa shape index (κ1) is 26.5. The van der Waals surface area contributed by atoms with Gasteiger partial charge in [0.2, 0.25) is 5.95 Å². The van der Waals surface area contributed by atoms with E-state index in [9.17, 15) is 13.2 Å². The Kier molecular flexibility index (Phi) is 7.16. The summed E-state index contributed by atoms with van der Waals surface area (Å²) in [6.07, 6.45) is -1.45. The fourth-order valence-electron chi connectivity index (χ4n) is 4.67. The third-order valence-electron chi connectivity index (χ3n) is 6.69. The molecule has 4 N–H and O–H groups in total. The van der Waals surface area contributed by atoms with Crippen LogP contribution >= 0.6 is 0 Å². The highest BCUT2D eigenvalue weighted by Crippen LogP contribution is 2.32. The third kappa shape index (κ3) is 6.23. The summed E-state index contributed by atoms with van der Waals surface area (Å²) < 4.78 is 49.9. The molecular formula is C29H26F3N7O2. The van der Waals surface area contributed by atoms with E-state index in [1.165, 1.54) is 11.6 Å².